The normalized spacial score (nSPS) is 15.0. The Morgan fingerprint density at radius 2 is 1.88 bits per heavy atom. The lowest BCUT2D eigenvalue weighted by Crippen LogP contribution is -2.37. The minimum absolute atomic E-state index is 0.284. The van der Waals surface area contributed by atoms with E-state index in [2.05, 4.69) is 9.88 Å². The molecule has 24 heavy (non-hydrogen) atoms. The highest BCUT2D eigenvalue weighted by molar-refractivity contribution is 5.46. The Morgan fingerprint density at radius 3 is 2.54 bits per heavy atom. The van der Waals surface area contributed by atoms with Crippen LogP contribution in [0.4, 0.5) is 5.69 Å². The van der Waals surface area contributed by atoms with Crippen molar-refractivity contribution in [2.24, 2.45) is 0 Å². The molecule has 1 saturated heterocycles. The number of nitrogens with zero attached hydrogens (tertiary/aromatic N) is 3. The van der Waals surface area contributed by atoms with Crippen LogP contribution in [0.15, 0.2) is 48.7 Å². The Bertz CT molecular complexity index is 659. The molecule has 0 bridgehead atoms. The van der Waals surface area contributed by atoms with E-state index >= 15 is 0 Å². The number of pyridine rings is 1. The van der Waals surface area contributed by atoms with Gasteiger partial charge in [0, 0.05) is 13.1 Å². The molecule has 0 saturated carbocycles. The van der Waals surface area contributed by atoms with Gasteiger partial charge in [0.2, 0.25) is 0 Å². The van der Waals surface area contributed by atoms with Gasteiger partial charge in [0.1, 0.15) is 24.1 Å². The molecular formula is C19H21N3O2. The SMILES string of the molecule is N#Cc1ccc(N2CCC(OCCOc3ccccc3)CC2)cn1. The maximum absolute atomic E-state index is 8.80. The first-order valence-electron chi connectivity index (χ1n) is 8.26. The third-order valence-corrected chi connectivity index (χ3v) is 4.12. The molecule has 1 aliphatic rings. The lowest BCUT2D eigenvalue weighted by atomic mass is 10.1. The van der Waals surface area contributed by atoms with E-state index in [1.807, 2.05) is 42.5 Å². The second-order valence-corrected chi connectivity index (χ2v) is 5.73. The maximum Gasteiger partial charge on any atom is 0.140 e. The van der Waals surface area contributed by atoms with Gasteiger partial charge in [0.25, 0.3) is 0 Å². The number of piperidine rings is 1. The van der Waals surface area contributed by atoms with Gasteiger partial charge in [-0.25, -0.2) is 4.98 Å². The Hall–Kier alpha value is -2.58. The molecule has 5 heteroatoms. The van der Waals surface area contributed by atoms with Crippen LogP contribution in [-0.4, -0.2) is 37.4 Å². The van der Waals surface area contributed by atoms with Crippen molar-refractivity contribution in [2.45, 2.75) is 18.9 Å². The predicted octanol–water partition coefficient (Wildman–Crippen LogP) is 3.02. The minimum Gasteiger partial charge on any atom is -0.491 e. The van der Waals surface area contributed by atoms with Crippen molar-refractivity contribution in [3.05, 3.63) is 54.4 Å². The highest BCUT2D eigenvalue weighted by Gasteiger charge is 2.20. The summed E-state index contributed by atoms with van der Waals surface area (Å²) in [5.74, 6) is 0.879. The summed E-state index contributed by atoms with van der Waals surface area (Å²) >= 11 is 0. The third kappa shape index (κ3) is 4.46. The van der Waals surface area contributed by atoms with Crippen LogP contribution in [-0.2, 0) is 4.74 Å². The van der Waals surface area contributed by atoms with E-state index in [-0.39, 0.29) is 6.10 Å². The second kappa shape index (κ2) is 8.32. The summed E-state index contributed by atoms with van der Waals surface area (Å²) in [7, 11) is 0. The fraction of sp³-hybridized carbons (Fsp3) is 0.368. The molecule has 124 valence electrons. The van der Waals surface area contributed by atoms with Gasteiger partial charge in [-0.05, 0) is 37.1 Å². The lowest BCUT2D eigenvalue weighted by Gasteiger charge is -2.33. The topological polar surface area (TPSA) is 58.4 Å². The van der Waals surface area contributed by atoms with E-state index in [1.54, 1.807) is 12.3 Å². The van der Waals surface area contributed by atoms with Crippen LogP contribution in [0.5, 0.6) is 5.75 Å². The summed E-state index contributed by atoms with van der Waals surface area (Å²) in [4.78, 5) is 6.42. The second-order valence-electron chi connectivity index (χ2n) is 5.73. The molecule has 0 N–H and O–H groups in total. The van der Waals surface area contributed by atoms with Gasteiger partial charge in [0.15, 0.2) is 0 Å². The van der Waals surface area contributed by atoms with Crippen molar-refractivity contribution in [2.75, 3.05) is 31.2 Å². The molecule has 0 spiro atoms. The van der Waals surface area contributed by atoms with E-state index in [0.29, 0.717) is 18.9 Å². The van der Waals surface area contributed by atoms with Crippen molar-refractivity contribution in [1.29, 1.82) is 5.26 Å². The zero-order valence-corrected chi connectivity index (χ0v) is 13.6. The van der Waals surface area contributed by atoms with Gasteiger partial charge in [-0.2, -0.15) is 5.26 Å². The Labute approximate surface area is 142 Å². The average molecular weight is 323 g/mol. The number of aromatic nitrogens is 1. The summed E-state index contributed by atoms with van der Waals surface area (Å²) in [5, 5.41) is 8.80. The Kier molecular flexibility index (Phi) is 5.65. The van der Waals surface area contributed by atoms with Crippen molar-refractivity contribution in [3.8, 4) is 11.8 Å². The molecule has 5 nitrogen and oxygen atoms in total. The molecule has 2 heterocycles. The number of para-hydroxylation sites is 1. The first-order valence-corrected chi connectivity index (χ1v) is 8.26. The van der Waals surface area contributed by atoms with E-state index in [9.17, 15) is 0 Å². The fourth-order valence-electron chi connectivity index (χ4n) is 2.81. The molecule has 0 aliphatic carbocycles. The zero-order chi connectivity index (χ0) is 16.6. The molecule has 0 atom stereocenters. The molecule has 1 aliphatic heterocycles. The molecule has 1 fully saturated rings. The molecule has 0 unspecified atom stereocenters. The first-order chi connectivity index (χ1) is 11.8. The largest absolute Gasteiger partial charge is 0.491 e. The van der Waals surface area contributed by atoms with Crippen LogP contribution >= 0.6 is 0 Å². The zero-order valence-electron chi connectivity index (χ0n) is 13.6. The predicted molar refractivity (Wildman–Crippen MR) is 92.1 cm³/mol. The van der Waals surface area contributed by atoms with Gasteiger partial charge in [0.05, 0.1) is 24.6 Å². The van der Waals surface area contributed by atoms with E-state index in [4.69, 9.17) is 14.7 Å². The standard InChI is InChI=1S/C19H21N3O2/c20-14-16-6-7-17(15-21-16)22-10-8-19(9-11-22)24-13-12-23-18-4-2-1-3-5-18/h1-7,15,19H,8-13H2. The Balaban J connectivity index is 1.36. The number of benzene rings is 1. The monoisotopic (exact) mass is 323 g/mol. The summed E-state index contributed by atoms with van der Waals surface area (Å²) in [6, 6.07) is 15.6. The molecule has 3 rings (SSSR count). The molecule has 0 amide bonds. The van der Waals surface area contributed by atoms with Crippen molar-refractivity contribution < 1.29 is 9.47 Å². The number of nitriles is 1. The van der Waals surface area contributed by atoms with E-state index in [0.717, 1.165) is 37.4 Å². The molecule has 2 aromatic rings. The lowest BCUT2D eigenvalue weighted by molar-refractivity contribution is 0.0203. The highest BCUT2D eigenvalue weighted by atomic mass is 16.5. The van der Waals surface area contributed by atoms with E-state index in [1.165, 1.54) is 0 Å². The molecule has 1 aromatic carbocycles. The average Bonchev–Trinajstić information content (AvgIpc) is 2.67. The molecule has 0 radical (unpaired) electrons. The van der Waals surface area contributed by atoms with Crippen LogP contribution < -0.4 is 9.64 Å². The quantitative estimate of drug-likeness (QED) is 0.765. The number of anilines is 1. The number of hydrogen-bond acceptors (Lipinski definition) is 5. The number of hydrogen-bond donors (Lipinski definition) is 0. The van der Waals surface area contributed by atoms with Gasteiger partial charge in [-0.1, -0.05) is 18.2 Å². The summed E-state index contributed by atoms with van der Waals surface area (Å²) in [6.45, 7) is 3.07. The summed E-state index contributed by atoms with van der Waals surface area (Å²) < 4.78 is 11.6. The highest BCUT2D eigenvalue weighted by Crippen LogP contribution is 2.20. The third-order valence-electron chi connectivity index (χ3n) is 4.12. The van der Waals surface area contributed by atoms with Gasteiger partial charge >= 0.3 is 0 Å². The van der Waals surface area contributed by atoms with Crippen molar-refractivity contribution in [3.63, 3.8) is 0 Å². The van der Waals surface area contributed by atoms with Gasteiger partial charge in [-0.3, -0.25) is 0 Å². The van der Waals surface area contributed by atoms with Crippen LogP contribution in [0.1, 0.15) is 18.5 Å². The smallest absolute Gasteiger partial charge is 0.140 e. The fourth-order valence-corrected chi connectivity index (χ4v) is 2.81. The van der Waals surface area contributed by atoms with Crippen LogP contribution in [0.25, 0.3) is 0 Å². The number of rotatable bonds is 6. The molecular weight excluding hydrogens is 302 g/mol. The Morgan fingerprint density at radius 1 is 1.08 bits per heavy atom. The molecule has 1 aromatic heterocycles. The van der Waals surface area contributed by atoms with Crippen molar-refractivity contribution >= 4 is 5.69 Å². The summed E-state index contributed by atoms with van der Waals surface area (Å²) in [6.07, 6.45) is 4.04. The van der Waals surface area contributed by atoms with E-state index < -0.39 is 0 Å². The number of ether oxygens (including phenoxy) is 2. The summed E-state index contributed by atoms with van der Waals surface area (Å²) in [5.41, 5.74) is 1.52. The van der Waals surface area contributed by atoms with Gasteiger partial charge in [-0.15, -0.1) is 0 Å². The van der Waals surface area contributed by atoms with Gasteiger partial charge < -0.3 is 14.4 Å². The van der Waals surface area contributed by atoms with Crippen LogP contribution in [0.2, 0.25) is 0 Å². The van der Waals surface area contributed by atoms with Crippen LogP contribution in [0.3, 0.4) is 0 Å². The van der Waals surface area contributed by atoms with Crippen molar-refractivity contribution in [1.82, 2.24) is 4.98 Å². The van der Waals surface area contributed by atoms with Crippen LogP contribution in [0, 0.1) is 11.3 Å². The minimum atomic E-state index is 0.284. The maximum atomic E-state index is 8.80. The first kappa shape index (κ1) is 16.3.